The maximum absolute atomic E-state index is 5.27. The van der Waals surface area contributed by atoms with Crippen LogP contribution in [0, 0.1) is 0 Å². The molecule has 0 unspecified atom stereocenters. The first-order valence-electron chi connectivity index (χ1n) is 3.65. The van der Waals surface area contributed by atoms with E-state index in [0.717, 1.165) is 26.3 Å². The molecular formula is C7H10NOS2+. The lowest BCUT2D eigenvalue weighted by molar-refractivity contribution is 0.0976. The van der Waals surface area contributed by atoms with E-state index in [1.807, 2.05) is 22.7 Å². The second-order valence-electron chi connectivity index (χ2n) is 2.37. The van der Waals surface area contributed by atoms with Gasteiger partial charge in [-0.1, -0.05) is 22.7 Å². The van der Waals surface area contributed by atoms with Crippen LogP contribution in [0.1, 0.15) is 0 Å². The fraction of sp³-hybridized carbons (Fsp3) is 0.571. The minimum atomic E-state index is 0.880. The Morgan fingerprint density at radius 1 is 1.18 bits per heavy atom. The van der Waals surface area contributed by atoms with Gasteiger partial charge in [0.2, 0.25) is 0 Å². The van der Waals surface area contributed by atoms with Gasteiger partial charge in [-0.25, -0.2) is 4.58 Å². The van der Waals surface area contributed by atoms with Gasteiger partial charge in [0.25, 0.3) is 0 Å². The van der Waals surface area contributed by atoms with Crippen LogP contribution >= 0.6 is 22.7 Å². The van der Waals surface area contributed by atoms with Crippen molar-refractivity contribution in [3.05, 3.63) is 14.7 Å². The van der Waals surface area contributed by atoms with Crippen molar-refractivity contribution < 1.29 is 4.74 Å². The van der Waals surface area contributed by atoms with Crippen molar-refractivity contribution in [1.29, 1.82) is 0 Å². The van der Waals surface area contributed by atoms with Gasteiger partial charge in [-0.3, -0.25) is 0 Å². The van der Waals surface area contributed by atoms with E-state index in [2.05, 4.69) is 15.3 Å². The van der Waals surface area contributed by atoms with Crippen LogP contribution in [0.5, 0.6) is 0 Å². The van der Waals surface area contributed by atoms with Gasteiger partial charge < -0.3 is 4.74 Å². The predicted molar refractivity (Wildman–Crippen MR) is 48.0 cm³/mol. The van der Waals surface area contributed by atoms with Crippen molar-refractivity contribution in [3.63, 3.8) is 0 Å². The zero-order valence-electron chi connectivity index (χ0n) is 6.16. The molecule has 60 valence electrons. The molecule has 0 radical (unpaired) electrons. The standard InChI is InChI=1S/C7H10NOS2/c1-3-9-4-2-8(1)7-10-5-6-11-7/h5-6H,1-4H2/q+1. The molecule has 0 N–H and O–H groups in total. The molecule has 2 rings (SSSR count). The van der Waals surface area contributed by atoms with Crippen molar-refractivity contribution in [2.45, 2.75) is 0 Å². The molecule has 0 saturated carbocycles. The van der Waals surface area contributed by atoms with Crippen LogP contribution in [0.25, 0.3) is 0 Å². The van der Waals surface area contributed by atoms with Crippen LogP contribution in [0.2, 0.25) is 0 Å². The van der Waals surface area contributed by atoms with Crippen molar-refractivity contribution in [1.82, 2.24) is 4.58 Å². The Morgan fingerprint density at radius 3 is 2.45 bits per heavy atom. The summed E-state index contributed by atoms with van der Waals surface area (Å²) in [6.45, 7) is 3.86. The molecule has 0 spiro atoms. The number of hydrogen-bond donors (Lipinski definition) is 0. The summed E-state index contributed by atoms with van der Waals surface area (Å²) in [4.78, 5) is 0. The lowest BCUT2D eigenvalue weighted by Crippen LogP contribution is -2.37. The van der Waals surface area contributed by atoms with Crippen LogP contribution in [-0.4, -0.2) is 26.3 Å². The molecule has 0 bridgehead atoms. The van der Waals surface area contributed by atoms with E-state index in [0.29, 0.717) is 0 Å². The summed E-state index contributed by atoms with van der Waals surface area (Å²) >= 11 is 3.64. The molecule has 0 aromatic carbocycles. The fourth-order valence-electron chi connectivity index (χ4n) is 1.09. The largest absolute Gasteiger partial charge is 0.368 e. The Kier molecular flexibility index (Phi) is 2.35. The first kappa shape index (κ1) is 7.46. The monoisotopic (exact) mass is 188 g/mol. The summed E-state index contributed by atoms with van der Waals surface area (Å²) in [5, 5.41) is 4.27. The van der Waals surface area contributed by atoms with Gasteiger partial charge in [0, 0.05) is 10.8 Å². The van der Waals surface area contributed by atoms with Crippen molar-refractivity contribution >= 4 is 22.7 Å². The molecule has 2 nitrogen and oxygen atoms in total. The number of nitrogens with zero attached hydrogens (tertiary/aromatic N) is 1. The van der Waals surface area contributed by atoms with Crippen LogP contribution in [0.3, 0.4) is 0 Å². The Hall–Kier alpha value is -0.190. The highest BCUT2D eigenvalue weighted by molar-refractivity contribution is 7.24. The molecule has 1 aromatic rings. The number of morpholine rings is 1. The van der Waals surface area contributed by atoms with E-state index in [-0.39, 0.29) is 0 Å². The maximum atomic E-state index is 5.27. The Bertz CT molecular complexity index is 264. The predicted octanol–water partition coefficient (Wildman–Crippen LogP) is 0.612. The van der Waals surface area contributed by atoms with E-state index >= 15 is 0 Å². The normalized spacial score (nSPS) is 18.7. The molecule has 1 aliphatic heterocycles. The van der Waals surface area contributed by atoms with Crippen LogP contribution in [0.4, 0.5) is 0 Å². The molecular weight excluding hydrogens is 178 g/mol. The van der Waals surface area contributed by atoms with E-state index in [1.54, 1.807) is 0 Å². The van der Waals surface area contributed by atoms with Crippen LogP contribution in [-0.2, 0) is 4.74 Å². The van der Waals surface area contributed by atoms with E-state index in [1.165, 1.54) is 3.98 Å². The molecule has 1 aliphatic rings. The number of rotatable bonds is 0. The first-order chi connectivity index (χ1) is 5.47. The maximum Gasteiger partial charge on any atom is 0.314 e. The van der Waals surface area contributed by atoms with Gasteiger partial charge in [-0.15, -0.1) is 0 Å². The van der Waals surface area contributed by atoms with Crippen molar-refractivity contribution in [2.75, 3.05) is 26.3 Å². The average molecular weight is 188 g/mol. The van der Waals surface area contributed by atoms with E-state index in [9.17, 15) is 0 Å². The summed E-state index contributed by atoms with van der Waals surface area (Å²) in [5.41, 5.74) is 0. The number of ether oxygens (including phenoxy) is 1. The van der Waals surface area contributed by atoms with Gasteiger partial charge in [0.1, 0.15) is 13.2 Å². The summed E-state index contributed by atoms with van der Waals surface area (Å²) in [6.07, 6.45) is 0. The molecule has 11 heavy (non-hydrogen) atoms. The van der Waals surface area contributed by atoms with Gasteiger partial charge in [-0.05, 0) is 0 Å². The van der Waals surface area contributed by atoms with Gasteiger partial charge >= 0.3 is 3.98 Å². The second-order valence-corrected chi connectivity index (χ2v) is 4.42. The smallest absolute Gasteiger partial charge is 0.314 e. The van der Waals surface area contributed by atoms with Gasteiger partial charge in [-0.2, -0.15) is 0 Å². The third kappa shape index (κ3) is 1.69. The SMILES string of the molecule is c1csc(=[N+]2CCOCC2)s1. The lowest BCUT2D eigenvalue weighted by Gasteiger charge is -2.08. The Labute approximate surface area is 73.4 Å². The summed E-state index contributed by atoms with van der Waals surface area (Å²) in [6, 6.07) is 0. The molecule has 0 amide bonds. The first-order valence-corrected chi connectivity index (χ1v) is 5.41. The lowest BCUT2D eigenvalue weighted by atomic mass is 10.5. The molecule has 1 saturated heterocycles. The molecule has 1 aromatic heterocycles. The van der Waals surface area contributed by atoms with Crippen molar-refractivity contribution in [2.24, 2.45) is 0 Å². The summed E-state index contributed by atoms with van der Waals surface area (Å²) in [5.74, 6) is 0. The average Bonchev–Trinajstić information content (AvgIpc) is 2.58. The topological polar surface area (TPSA) is 12.2 Å². The minimum absolute atomic E-state index is 0.880. The molecule has 0 atom stereocenters. The van der Waals surface area contributed by atoms with Gasteiger partial charge in [0.05, 0.1) is 0 Å². The van der Waals surface area contributed by atoms with Gasteiger partial charge in [0.15, 0.2) is 13.1 Å². The van der Waals surface area contributed by atoms with Crippen LogP contribution in [0.15, 0.2) is 10.8 Å². The fourth-order valence-corrected chi connectivity index (χ4v) is 2.99. The quantitative estimate of drug-likeness (QED) is 0.543. The zero-order valence-corrected chi connectivity index (χ0v) is 7.79. The van der Waals surface area contributed by atoms with Crippen molar-refractivity contribution in [3.8, 4) is 0 Å². The summed E-state index contributed by atoms with van der Waals surface area (Å²) < 4.78 is 9.06. The molecule has 1 fully saturated rings. The highest BCUT2D eigenvalue weighted by Gasteiger charge is 2.11. The van der Waals surface area contributed by atoms with Crippen LogP contribution < -0.4 is 8.56 Å². The third-order valence-electron chi connectivity index (χ3n) is 1.66. The summed E-state index contributed by atoms with van der Waals surface area (Å²) in [7, 11) is 0. The zero-order chi connectivity index (χ0) is 7.52. The van der Waals surface area contributed by atoms with E-state index in [4.69, 9.17) is 4.74 Å². The highest BCUT2D eigenvalue weighted by Crippen LogP contribution is 1.94. The second kappa shape index (κ2) is 3.47. The highest BCUT2D eigenvalue weighted by atomic mass is 32.2. The molecule has 2 heterocycles. The van der Waals surface area contributed by atoms with E-state index < -0.39 is 0 Å². The third-order valence-corrected chi connectivity index (χ3v) is 3.88. The Balaban J connectivity index is 2.32. The molecule has 0 aliphatic carbocycles. The minimum Gasteiger partial charge on any atom is -0.368 e. The molecule has 4 heteroatoms. The number of hydrogen-bond acceptors (Lipinski definition) is 3. The Morgan fingerprint density at radius 2 is 1.82 bits per heavy atom.